The number of carbonyl (C=O) groups is 1. The zero-order chi connectivity index (χ0) is 24.3. The maximum absolute atomic E-state index is 13.4. The fraction of sp³-hybridized carbons (Fsp3) is 0.185. The summed E-state index contributed by atoms with van der Waals surface area (Å²) >= 11 is 0. The summed E-state index contributed by atoms with van der Waals surface area (Å²) in [6.45, 7) is 5.98. The van der Waals surface area contributed by atoms with Gasteiger partial charge in [-0.2, -0.15) is 0 Å². The highest BCUT2D eigenvalue weighted by Crippen LogP contribution is 2.30. The first kappa shape index (κ1) is 23.4. The molecule has 0 radical (unpaired) electrons. The van der Waals surface area contributed by atoms with Crippen LogP contribution in [-0.2, 0) is 21.1 Å². The minimum absolute atomic E-state index is 0.0662. The number of imidazole rings is 1. The Hall–Kier alpha value is -3.71. The third kappa shape index (κ3) is 5.10. The van der Waals surface area contributed by atoms with E-state index in [9.17, 15) is 13.2 Å². The van der Waals surface area contributed by atoms with E-state index in [0.29, 0.717) is 22.8 Å². The molecule has 0 saturated carbocycles. The van der Waals surface area contributed by atoms with Gasteiger partial charge in [0.05, 0.1) is 0 Å². The number of hydrogen-bond acceptors (Lipinski definition) is 4. The molecule has 3 aromatic carbocycles. The lowest BCUT2D eigenvalue weighted by Crippen LogP contribution is -2.23. The quantitative estimate of drug-likeness (QED) is 0.379. The standard InChI is InChI=1S/C27H27N3O3S/c1-4-20-11-13-22(14-12-20)26-29-25(21-8-6-5-7-9-21)27(30-26)34(32,33)17-24(31)28-23-15-10-18(2)19(3)16-23/h5-16H,4,17H2,1-3H3,(H,28,31)(H,29,30). The van der Waals surface area contributed by atoms with Crippen LogP contribution in [0.25, 0.3) is 22.6 Å². The Bertz CT molecular complexity index is 1420. The maximum atomic E-state index is 13.4. The van der Waals surface area contributed by atoms with Gasteiger partial charge in [0.15, 0.2) is 5.03 Å². The Morgan fingerprint density at radius 1 is 0.912 bits per heavy atom. The van der Waals surface area contributed by atoms with Gasteiger partial charge in [-0.05, 0) is 49.1 Å². The molecular formula is C27H27N3O3S. The molecule has 0 fully saturated rings. The van der Waals surface area contributed by atoms with Crippen LogP contribution >= 0.6 is 0 Å². The van der Waals surface area contributed by atoms with Crippen LogP contribution in [-0.4, -0.2) is 30.0 Å². The summed E-state index contributed by atoms with van der Waals surface area (Å²) in [6, 6.07) is 22.4. The minimum atomic E-state index is -4.01. The molecule has 4 rings (SSSR count). The number of aromatic amines is 1. The Balaban J connectivity index is 1.68. The molecule has 0 bridgehead atoms. The summed E-state index contributed by atoms with van der Waals surface area (Å²) in [7, 11) is -4.01. The normalized spacial score (nSPS) is 11.4. The molecule has 0 atom stereocenters. The second kappa shape index (κ2) is 9.65. The van der Waals surface area contributed by atoms with E-state index < -0.39 is 21.5 Å². The van der Waals surface area contributed by atoms with E-state index in [-0.39, 0.29) is 5.03 Å². The second-order valence-electron chi connectivity index (χ2n) is 8.29. The fourth-order valence-corrected chi connectivity index (χ4v) is 4.94. The van der Waals surface area contributed by atoms with Crippen LogP contribution in [0.5, 0.6) is 0 Å². The molecule has 0 spiro atoms. The van der Waals surface area contributed by atoms with Gasteiger partial charge in [-0.25, -0.2) is 13.4 Å². The van der Waals surface area contributed by atoms with Crippen molar-refractivity contribution in [3.8, 4) is 22.6 Å². The van der Waals surface area contributed by atoms with Gasteiger partial charge in [0.25, 0.3) is 0 Å². The molecule has 7 heteroatoms. The third-order valence-corrected chi connectivity index (χ3v) is 7.34. The minimum Gasteiger partial charge on any atom is -0.329 e. The number of sulfone groups is 1. The molecule has 6 nitrogen and oxygen atoms in total. The number of anilines is 1. The summed E-state index contributed by atoms with van der Waals surface area (Å²) in [4.78, 5) is 20.3. The van der Waals surface area contributed by atoms with Crippen molar-refractivity contribution in [1.82, 2.24) is 9.97 Å². The predicted octanol–water partition coefficient (Wildman–Crippen LogP) is 5.34. The number of aryl methyl sites for hydroxylation is 3. The van der Waals surface area contributed by atoms with Crippen molar-refractivity contribution in [3.63, 3.8) is 0 Å². The molecule has 0 saturated heterocycles. The lowest BCUT2D eigenvalue weighted by molar-refractivity contribution is -0.113. The fourth-order valence-electron chi connectivity index (χ4n) is 3.67. The zero-order valence-corrected chi connectivity index (χ0v) is 20.2. The molecular weight excluding hydrogens is 446 g/mol. The summed E-state index contributed by atoms with van der Waals surface area (Å²) in [5, 5.41) is 2.63. The Labute approximate surface area is 200 Å². The van der Waals surface area contributed by atoms with Crippen LogP contribution in [0.3, 0.4) is 0 Å². The Morgan fingerprint density at radius 2 is 1.62 bits per heavy atom. The van der Waals surface area contributed by atoms with Gasteiger partial charge in [0, 0.05) is 16.8 Å². The number of aromatic nitrogens is 2. The predicted molar refractivity (Wildman–Crippen MR) is 135 cm³/mol. The van der Waals surface area contributed by atoms with E-state index in [0.717, 1.165) is 23.1 Å². The largest absolute Gasteiger partial charge is 0.329 e. The number of hydrogen-bond donors (Lipinski definition) is 2. The third-order valence-electron chi connectivity index (χ3n) is 5.78. The number of rotatable bonds is 7. The van der Waals surface area contributed by atoms with Crippen LogP contribution < -0.4 is 5.32 Å². The van der Waals surface area contributed by atoms with Crippen molar-refractivity contribution in [3.05, 3.63) is 89.5 Å². The smallest absolute Gasteiger partial charge is 0.240 e. The van der Waals surface area contributed by atoms with Crippen molar-refractivity contribution in [2.45, 2.75) is 32.2 Å². The lowest BCUT2D eigenvalue weighted by atomic mass is 10.1. The van der Waals surface area contributed by atoms with Gasteiger partial charge in [-0.1, -0.05) is 67.6 Å². The monoisotopic (exact) mass is 473 g/mol. The maximum Gasteiger partial charge on any atom is 0.240 e. The first-order valence-corrected chi connectivity index (χ1v) is 12.8. The molecule has 0 aliphatic rings. The number of benzene rings is 3. The number of nitrogens with one attached hydrogen (secondary N) is 2. The summed E-state index contributed by atoms with van der Waals surface area (Å²) < 4.78 is 26.7. The molecule has 0 aliphatic heterocycles. The topological polar surface area (TPSA) is 91.9 Å². The highest BCUT2D eigenvalue weighted by Gasteiger charge is 2.27. The second-order valence-corrected chi connectivity index (χ2v) is 10.2. The van der Waals surface area contributed by atoms with Crippen LogP contribution in [0.1, 0.15) is 23.6 Å². The molecule has 174 valence electrons. The van der Waals surface area contributed by atoms with Crippen molar-refractivity contribution in [1.29, 1.82) is 0 Å². The molecule has 0 unspecified atom stereocenters. The van der Waals surface area contributed by atoms with E-state index in [2.05, 4.69) is 22.2 Å². The molecule has 1 amide bonds. The van der Waals surface area contributed by atoms with Crippen molar-refractivity contribution in [2.75, 3.05) is 11.1 Å². The van der Waals surface area contributed by atoms with E-state index in [1.807, 2.05) is 68.4 Å². The molecule has 1 heterocycles. The van der Waals surface area contributed by atoms with Gasteiger partial charge in [0.1, 0.15) is 17.3 Å². The van der Waals surface area contributed by atoms with Crippen LogP contribution in [0.2, 0.25) is 0 Å². The molecule has 0 aliphatic carbocycles. The van der Waals surface area contributed by atoms with Crippen LogP contribution in [0, 0.1) is 13.8 Å². The number of nitrogens with zero attached hydrogens (tertiary/aromatic N) is 1. The number of amides is 1. The SMILES string of the molecule is CCc1ccc(-c2nc(-c3ccccc3)c(S(=O)(=O)CC(=O)Nc3ccc(C)c(C)c3)[nH]2)cc1. The van der Waals surface area contributed by atoms with Gasteiger partial charge < -0.3 is 10.3 Å². The summed E-state index contributed by atoms with van der Waals surface area (Å²) in [5.74, 6) is -0.865. The Morgan fingerprint density at radius 3 is 2.26 bits per heavy atom. The summed E-state index contributed by atoms with van der Waals surface area (Å²) in [5.41, 5.74) is 5.57. The molecule has 1 aromatic heterocycles. The highest BCUT2D eigenvalue weighted by molar-refractivity contribution is 7.92. The molecule has 34 heavy (non-hydrogen) atoms. The van der Waals surface area contributed by atoms with Gasteiger partial charge in [0.2, 0.25) is 15.7 Å². The number of H-pyrrole nitrogens is 1. The number of carbonyl (C=O) groups excluding carboxylic acids is 1. The highest BCUT2D eigenvalue weighted by atomic mass is 32.2. The van der Waals surface area contributed by atoms with E-state index in [1.165, 1.54) is 5.56 Å². The molecule has 4 aromatic rings. The first-order valence-electron chi connectivity index (χ1n) is 11.1. The zero-order valence-electron chi connectivity index (χ0n) is 19.4. The van der Waals surface area contributed by atoms with E-state index in [1.54, 1.807) is 18.2 Å². The molecule has 2 N–H and O–H groups in total. The van der Waals surface area contributed by atoms with Gasteiger partial charge in [-0.3, -0.25) is 4.79 Å². The van der Waals surface area contributed by atoms with Crippen LogP contribution in [0.4, 0.5) is 5.69 Å². The first-order chi connectivity index (χ1) is 16.3. The summed E-state index contributed by atoms with van der Waals surface area (Å²) in [6.07, 6.45) is 0.906. The average molecular weight is 474 g/mol. The van der Waals surface area contributed by atoms with Crippen molar-refractivity contribution < 1.29 is 13.2 Å². The van der Waals surface area contributed by atoms with Crippen LogP contribution in [0.15, 0.2) is 77.8 Å². The van der Waals surface area contributed by atoms with Crippen molar-refractivity contribution in [2.24, 2.45) is 0 Å². The van der Waals surface area contributed by atoms with Gasteiger partial charge in [-0.15, -0.1) is 0 Å². The van der Waals surface area contributed by atoms with Crippen molar-refractivity contribution >= 4 is 21.4 Å². The average Bonchev–Trinajstić information content (AvgIpc) is 3.28. The van der Waals surface area contributed by atoms with Gasteiger partial charge >= 0.3 is 0 Å². The van der Waals surface area contributed by atoms with E-state index >= 15 is 0 Å². The lowest BCUT2D eigenvalue weighted by Gasteiger charge is -2.09. The Kier molecular flexibility index (Phi) is 6.65. The van der Waals surface area contributed by atoms with E-state index in [4.69, 9.17) is 0 Å².